The fourth-order valence-electron chi connectivity index (χ4n) is 2.79. The van der Waals surface area contributed by atoms with Gasteiger partial charge in [0, 0.05) is 5.56 Å². The second kappa shape index (κ2) is 6.40. The predicted octanol–water partition coefficient (Wildman–Crippen LogP) is 3.41. The minimum absolute atomic E-state index is 0.0614. The minimum atomic E-state index is 0.0614. The molecule has 104 valence electrons. The molecule has 1 fully saturated rings. The Morgan fingerprint density at radius 2 is 2.11 bits per heavy atom. The second-order valence-corrected chi connectivity index (χ2v) is 5.42. The first-order chi connectivity index (χ1) is 9.17. The van der Waals surface area contributed by atoms with Gasteiger partial charge in [0.1, 0.15) is 5.75 Å². The zero-order chi connectivity index (χ0) is 13.8. The Hall–Kier alpha value is -1.06. The lowest BCUT2D eigenvalue weighted by Gasteiger charge is -2.17. The number of methoxy groups -OCH3 is 1. The summed E-state index contributed by atoms with van der Waals surface area (Å²) >= 11 is 6.26. The molecule has 2 rings (SSSR count). The van der Waals surface area contributed by atoms with E-state index in [1.807, 2.05) is 6.07 Å². The highest BCUT2D eigenvalue weighted by Gasteiger charge is 2.23. The van der Waals surface area contributed by atoms with Gasteiger partial charge >= 0.3 is 0 Å². The van der Waals surface area contributed by atoms with Crippen molar-refractivity contribution in [2.45, 2.75) is 31.6 Å². The Bertz CT molecular complexity index is 467. The zero-order valence-corrected chi connectivity index (χ0v) is 12.2. The summed E-state index contributed by atoms with van der Waals surface area (Å²) in [6.45, 7) is 0.326. The standard InChI is InChI=1S/C15H20ClNO2/c1-17-9-14(18)11-7-12(10-5-3-4-6-10)15(19-2)13(16)8-11/h7-8,10,17H,3-6,9H2,1-2H3. The normalized spacial score (nSPS) is 15.7. The number of nitrogens with one attached hydrogen (secondary N) is 1. The van der Waals surface area contributed by atoms with E-state index >= 15 is 0 Å². The van der Waals surface area contributed by atoms with Crippen LogP contribution in [0.1, 0.15) is 47.5 Å². The summed E-state index contributed by atoms with van der Waals surface area (Å²) in [4.78, 5) is 12.0. The molecule has 0 aliphatic heterocycles. The molecule has 0 unspecified atom stereocenters. The summed E-state index contributed by atoms with van der Waals surface area (Å²) in [7, 11) is 3.40. The van der Waals surface area contributed by atoms with Crippen LogP contribution in [-0.4, -0.2) is 26.5 Å². The first-order valence-electron chi connectivity index (χ1n) is 6.72. The summed E-state index contributed by atoms with van der Waals surface area (Å²) in [5.41, 5.74) is 1.76. The Kier molecular flexibility index (Phi) is 4.83. The van der Waals surface area contributed by atoms with Crippen LogP contribution in [0.2, 0.25) is 5.02 Å². The van der Waals surface area contributed by atoms with Crippen LogP contribution in [0.3, 0.4) is 0 Å². The molecule has 0 aromatic heterocycles. The van der Waals surface area contributed by atoms with E-state index in [-0.39, 0.29) is 5.78 Å². The maximum atomic E-state index is 12.0. The van der Waals surface area contributed by atoms with Crippen LogP contribution in [-0.2, 0) is 0 Å². The highest BCUT2D eigenvalue weighted by Crippen LogP contribution is 2.42. The molecule has 3 nitrogen and oxygen atoms in total. The van der Waals surface area contributed by atoms with Crippen LogP contribution < -0.4 is 10.1 Å². The van der Waals surface area contributed by atoms with E-state index in [1.54, 1.807) is 20.2 Å². The van der Waals surface area contributed by atoms with Gasteiger partial charge < -0.3 is 10.1 Å². The molecule has 0 heterocycles. The Morgan fingerprint density at radius 1 is 1.42 bits per heavy atom. The van der Waals surface area contributed by atoms with Crippen LogP contribution >= 0.6 is 11.6 Å². The summed E-state index contributed by atoms with van der Waals surface area (Å²) in [6.07, 6.45) is 4.77. The molecular formula is C15H20ClNO2. The lowest BCUT2D eigenvalue weighted by molar-refractivity contribution is 0.0993. The van der Waals surface area contributed by atoms with Crippen molar-refractivity contribution < 1.29 is 9.53 Å². The van der Waals surface area contributed by atoms with Crippen molar-refractivity contribution in [3.63, 3.8) is 0 Å². The molecule has 1 saturated carbocycles. The van der Waals surface area contributed by atoms with E-state index in [0.29, 0.717) is 23.0 Å². The molecule has 0 amide bonds. The van der Waals surface area contributed by atoms with Gasteiger partial charge in [-0.3, -0.25) is 4.79 Å². The summed E-state index contributed by atoms with van der Waals surface area (Å²) in [5.74, 6) is 1.26. The number of halogens is 1. The quantitative estimate of drug-likeness (QED) is 0.841. The second-order valence-electron chi connectivity index (χ2n) is 5.02. The number of carbonyl (C=O) groups excluding carboxylic acids is 1. The summed E-state index contributed by atoms with van der Waals surface area (Å²) in [6, 6.07) is 3.67. The number of hydrogen-bond acceptors (Lipinski definition) is 3. The number of carbonyl (C=O) groups is 1. The zero-order valence-electron chi connectivity index (χ0n) is 11.5. The molecule has 1 N–H and O–H groups in total. The third kappa shape index (κ3) is 3.10. The van der Waals surface area contributed by atoms with Crippen molar-refractivity contribution in [3.8, 4) is 5.75 Å². The highest BCUT2D eigenvalue weighted by molar-refractivity contribution is 6.32. The molecule has 19 heavy (non-hydrogen) atoms. The molecule has 0 bridgehead atoms. The van der Waals surface area contributed by atoms with E-state index < -0.39 is 0 Å². The van der Waals surface area contributed by atoms with Crippen molar-refractivity contribution in [2.75, 3.05) is 20.7 Å². The molecular weight excluding hydrogens is 262 g/mol. The highest BCUT2D eigenvalue weighted by atomic mass is 35.5. The third-order valence-electron chi connectivity index (χ3n) is 3.73. The Balaban J connectivity index is 2.40. The number of ketones is 1. The van der Waals surface area contributed by atoms with Gasteiger partial charge in [0.25, 0.3) is 0 Å². The molecule has 1 aliphatic rings. The van der Waals surface area contributed by atoms with Crippen molar-refractivity contribution in [1.29, 1.82) is 0 Å². The van der Waals surface area contributed by atoms with Gasteiger partial charge in [-0.15, -0.1) is 0 Å². The van der Waals surface area contributed by atoms with E-state index in [4.69, 9.17) is 16.3 Å². The average molecular weight is 282 g/mol. The van der Waals surface area contributed by atoms with Gasteiger partial charge in [0.05, 0.1) is 18.7 Å². The number of benzene rings is 1. The predicted molar refractivity (Wildman–Crippen MR) is 77.5 cm³/mol. The first kappa shape index (κ1) is 14.4. The topological polar surface area (TPSA) is 38.3 Å². The molecule has 4 heteroatoms. The maximum absolute atomic E-state index is 12.0. The van der Waals surface area contributed by atoms with Crippen molar-refractivity contribution in [3.05, 3.63) is 28.3 Å². The first-order valence-corrected chi connectivity index (χ1v) is 7.10. The molecule has 0 spiro atoms. The van der Waals surface area contributed by atoms with Crippen LogP contribution in [0.25, 0.3) is 0 Å². The molecule has 1 aliphatic carbocycles. The Morgan fingerprint density at radius 3 is 2.68 bits per heavy atom. The number of Topliss-reactive ketones (excluding diaryl/α,β-unsaturated/α-hetero) is 1. The number of likely N-dealkylation sites (N-methyl/N-ethyl adjacent to an activating group) is 1. The van der Waals surface area contributed by atoms with E-state index in [0.717, 1.165) is 24.2 Å². The number of hydrogen-bond donors (Lipinski definition) is 1. The largest absolute Gasteiger partial charge is 0.495 e. The fraction of sp³-hybridized carbons (Fsp3) is 0.533. The SMILES string of the molecule is CNCC(=O)c1cc(Cl)c(OC)c(C2CCCC2)c1. The summed E-state index contributed by atoms with van der Waals surface area (Å²) in [5, 5.41) is 3.41. The van der Waals surface area contributed by atoms with E-state index in [1.165, 1.54) is 12.8 Å². The van der Waals surface area contributed by atoms with Gasteiger partial charge in [0.2, 0.25) is 0 Å². The van der Waals surface area contributed by atoms with Crippen LogP contribution in [0.4, 0.5) is 0 Å². The molecule has 0 atom stereocenters. The van der Waals surface area contributed by atoms with Crippen LogP contribution in [0.15, 0.2) is 12.1 Å². The molecule has 1 aromatic carbocycles. The van der Waals surface area contributed by atoms with E-state index in [9.17, 15) is 4.79 Å². The van der Waals surface area contributed by atoms with Gasteiger partial charge in [-0.25, -0.2) is 0 Å². The van der Waals surface area contributed by atoms with Gasteiger partial charge in [0.15, 0.2) is 5.78 Å². The van der Waals surface area contributed by atoms with Crippen LogP contribution in [0.5, 0.6) is 5.75 Å². The van der Waals surface area contributed by atoms with Crippen molar-refractivity contribution in [1.82, 2.24) is 5.32 Å². The fourth-order valence-corrected chi connectivity index (χ4v) is 3.10. The number of ether oxygens (including phenoxy) is 1. The van der Waals surface area contributed by atoms with Crippen molar-refractivity contribution >= 4 is 17.4 Å². The van der Waals surface area contributed by atoms with Crippen molar-refractivity contribution in [2.24, 2.45) is 0 Å². The van der Waals surface area contributed by atoms with Gasteiger partial charge in [-0.2, -0.15) is 0 Å². The maximum Gasteiger partial charge on any atom is 0.176 e. The molecule has 0 saturated heterocycles. The lowest BCUT2D eigenvalue weighted by Crippen LogP contribution is -2.19. The monoisotopic (exact) mass is 281 g/mol. The molecule has 0 radical (unpaired) electrons. The van der Waals surface area contributed by atoms with E-state index in [2.05, 4.69) is 5.32 Å². The lowest BCUT2D eigenvalue weighted by atomic mass is 9.94. The summed E-state index contributed by atoms with van der Waals surface area (Å²) < 4.78 is 5.42. The minimum Gasteiger partial charge on any atom is -0.495 e. The Labute approximate surface area is 119 Å². The molecule has 1 aromatic rings. The average Bonchev–Trinajstić information content (AvgIpc) is 2.91. The van der Waals surface area contributed by atoms with Gasteiger partial charge in [-0.1, -0.05) is 24.4 Å². The third-order valence-corrected chi connectivity index (χ3v) is 4.01. The van der Waals surface area contributed by atoms with Crippen LogP contribution in [0, 0.1) is 0 Å². The number of rotatable bonds is 5. The van der Waals surface area contributed by atoms with Gasteiger partial charge in [-0.05, 0) is 43.5 Å². The smallest absolute Gasteiger partial charge is 0.176 e.